The molecule has 3 unspecified atom stereocenters. The minimum absolute atomic E-state index is 0. The zero-order chi connectivity index (χ0) is 15.3. The zero-order valence-electron chi connectivity index (χ0n) is 12.0. The Kier molecular flexibility index (Phi) is 9.12. The van der Waals surface area contributed by atoms with E-state index in [2.05, 4.69) is 0 Å². The monoisotopic (exact) mass is 344 g/mol. The molecule has 0 aromatic heterocycles. The van der Waals surface area contributed by atoms with Crippen molar-refractivity contribution in [3.05, 3.63) is 29.3 Å². The average molecular weight is 345 g/mol. The number of ether oxygens (including phenoxy) is 2. The molecule has 0 bridgehead atoms. The van der Waals surface area contributed by atoms with Gasteiger partial charge in [-0.15, -0.1) is 0 Å². The predicted molar refractivity (Wildman–Crippen MR) is 71.5 cm³/mol. The second kappa shape index (κ2) is 9.16. The van der Waals surface area contributed by atoms with Crippen LogP contribution in [-0.2, 0) is 14.1 Å². The topological polar surface area (TPSA) is 95.9 Å². The van der Waals surface area contributed by atoms with Gasteiger partial charge in [0.25, 0.3) is 0 Å². The van der Waals surface area contributed by atoms with E-state index in [1.807, 2.05) is 0 Å². The molecule has 0 aliphatic heterocycles. The fourth-order valence-electron chi connectivity index (χ4n) is 1.38. The minimum atomic E-state index is -4.72. The van der Waals surface area contributed by atoms with Crippen molar-refractivity contribution >= 4 is 25.2 Å². The molecular formula is C12H15ClNaO6P. The summed E-state index contributed by atoms with van der Waals surface area (Å²) in [4.78, 5) is 31.5. The van der Waals surface area contributed by atoms with Crippen LogP contribution in [0.4, 0.5) is 0 Å². The Hall–Kier alpha value is -0.0700. The molecule has 3 atom stereocenters. The number of halogens is 1. The van der Waals surface area contributed by atoms with Gasteiger partial charge in [-0.05, 0) is 37.6 Å². The first-order valence-corrected chi connectivity index (χ1v) is 7.92. The van der Waals surface area contributed by atoms with Crippen LogP contribution in [0.25, 0.3) is 0 Å². The molecule has 0 heterocycles. The summed E-state index contributed by atoms with van der Waals surface area (Å²) >= 11 is 5.71. The minimum Gasteiger partial charge on any atom is -0.776 e. The van der Waals surface area contributed by atoms with Crippen LogP contribution in [0.2, 0.25) is 5.02 Å². The van der Waals surface area contributed by atoms with Gasteiger partial charge in [-0.1, -0.05) is 18.5 Å². The standard InChI is InChI=1S/C12H16ClO6P.Na/c1-3-11(20(15,16)17)19-12(14)8(2)18-10-6-4-9(13)5-7-10;/h4-8,11H,3H2,1-2H3,(H2,15,16,17);/q;+1/p-1. The molecule has 0 aliphatic rings. The molecule has 6 nitrogen and oxygen atoms in total. The van der Waals surface area contributed by atoms with Crippen molar-refractivity contribution in [2.45, 2.75) is 32.2 Å². The van der Waals surface area contributed by atoms with Crippen LogP contribution in [0, 0.1) is 0 Å². The summed E-state index contributed by atoms with van der Waals surface area (Å²) in [7, 11) is -4.72. The number of carbonyl (C=O) groups excluding carboxylic acids is 1. The number of hydrogen-bond acceptors (Lipinski definition) is 5. The summed E-state index contributed by atoms with van der Waals surface area (Å²) in [5.41, 5.74) is 0. The summed E-state index contributed by atoms with van der Waals surface area (Å²) in [6, 6.07) is 6.30. The van der Waals surface area contributed by atoms with Gasteiger partial charge in [0.1, 0.15) is 5.75 Å². The number of esters is 1. The van der Waals surface area contributed by atoms with Crippen molar-refractivity contribution in [2.24, 2.45) is 0 Å². The van der Waals surface area contributed by atoms with E-state index >= 15 is 0 Å². The van der Waals surface area contributed by atoms with Crippen LogP contribution in [0.15, 0.2) is 24.3 Å². The van der Waals surface area contributed by atoms with E-state index in [-0.39, 0.29) is 36.0 Å². The molecule has 21 heavy (non-hydrogen) atoms. The van der Waals surface area contributed by atoms with Crippen LogP contribution >= 0.6 is 19.2 Å². The third-order valence-corrected chi connectivity index (χ3v) is 3.87. The zero-order valence-corrected chi connectivity index (χ0v) is 15.6. The average Bonchev–Trinajstić information content (AvgIpc) is 2.36. The van der Waals surface area contributed by atoms with Crippen molar-refractivity contribution in [3.63, 3.8) is 0 Å². The Morgan fingerprint density at radius 1 is 1.43 bits per heavy atom. The Bertz CT molecular complexity index is 503. The Labute approximate surface area is 150 Å². The molecular weight excluding hydrogens is 330 g/mol. The van der Waals surface area contributed by atoms with Crippen LogP contribution < -0.4 is 39.2 Å². The summed E-state index contributed by atoms with van der Waals surface area (Å²) in [5.74, 6) is -2.05. The molecule has 1 aromatic carbocycles. The molecule has 0 aliphatic carbocycles. The first kappa shape index (κ1) is 20.9. The van der Waals surface area contributed by atoms with Gasteiger partial charge in [0, 0.05) is 5.02 Å². The van der Waals surface area contributed by atoms with Gasteiger partial charge < -0.3 is 23.8 Å². The van der Waals surface area contributed by atoms with Gasteiger partial charge in [0.05, 0.1) is 0 Å². The summed E-state index contributed by atoms with van der Waals surface area (Å²) in [5, 5.41) is 0.520. The van der Waals surface area contributed by atoms with E-state index in [0.717, 1.165) is 0 Å². The number of carbonyl (C=O) groups is 1. The van der Waals surface area contributed by atoms with E-state index in [1.54, 1.807) is 24.3 Å². The van der Waals surface area contributed by atoms with Crippen LogP contribution in [0.5, 0.6) is 5.75 Å². The normalized spacial score (nSPS) is 16.0. The van der Waals surface area contributed by atoms with Crippen LogP contribution in [0.3, 0.4) is 0 Å². The molecule has 0 radical (unpaired) electrons. The molecule has 112 valence electrons. The SMILES string of the molecule is CCC(OC(=O)C(C)Oc1ccc(Cl)cc1)P(=O)([O-])O.[Na+]. The van der Waals surface area contributed by atoms with Crippen molar-refractivity contribution in [3.8, 4) is 5.75 Å². The number of benzene rings is 1. The fourth-order valence-corrected chi connectivity index (χ4v) is 2.20. The second-order valence-corrected chi connectivity index (χ2v) is 6.22. The van der Waals surface area contributed by atoms with E-state index in [9.17, 15) is 14.3 Å². The molecule has 1 N–H and O–H groups in total. The van der Waals surface area contributed by atoms with Gasteiger partial charge in [0.2, 0.25) is 0 Å². The van der Waals surface area contributed by atoms with Gasteiger partial charge >= 0.3 is 35.5 Å². The van der Waals surface area contributed by atoms with E-state index in [4.69, 9.17) is 26.0 Å². The van der Waals surface area contributed by atoms with E-state index < -0.39 is 25.5 Å². The first-order valence-electron chi connectivity index (χ1n) is 5.90. The Balaban J connectivity index is 0.00000400. The molecule has 9 heteroatoms. The van der Waals surface area contributed by atoms with Crippen LogP contribution in [0.1, 0.15) is 20.3 Å². The van der Waals surface area contributed by atoms with E-state index in [1.165, 1.54) is 13.8 Å². The number of hydrogen-bond donors (Lipinski definition) is 1. The first-order chi connectivity index (χ1) is 9.24. The second-order valence-electron chi connectivity index (χ2n) is 4.08. The Morgan fingerprint density at radius 2 is 1.95 bits per heavy atom. The van der Waals surface area contributed by atoms with Crippen molar-refractivity contribution in [1.82, 2.24) is 0 Å². The van der Waals surface area contributed by atoms with Crippen LogP contribution in [-0.4, -0.2) is 22.8 Å². The van der Waals surface area contributed by atoms with Crippen molar-refractivity contribution in [2.75, 3.05) is 0 Å². The van der Waals surface area contributed by atoms with Gasteiger partial charge in [-0.2, -0.15) is 0 Å². The maximum Gasteiger partial charge on any atom is 1.00 e. The quantitative estimate of drug-likeness (QED) is 0.401. The third-order valence-electron chi connectivity index (χ3n) is 2.42. The maximum absolute atomic E-state index is 11.7. The molecule has 0 saturated carbocycles. The third kappa shape index (κ3) is 7.15. The summed E-state index contributed by atoms with van der Waals surface area (Å²) in [6.07, 6.45) is -1.06. The molecule has 0 spiro atoms. The molecule has 1 aromatic rings. The molecule has 0 saturated heterocycles. The van der Waals surface area contributed by atoms with Crippen molar-refractivity contribution in [1.29, 1.82) is 0 Å². The van der Waals surface area contributed by atoms with E-state index in [0.29, 0.717) is 10.8 Å². The van der Waals surface area contributed by atoms with Gasteiger partial charge in [-0.25, -0.2) is 4.79 Å². The fraction of sp³-hybridized carbons (Fsp3) is 0.417. The molecule has 0 amide bonds. The van der Waals surface area contributed by atoms with Gasteiger partial charge in [-0.3, -0.25) is 0 Å². The maximum atomic E-state index is 11.7. The molecule has 0 fully saturated rings. The number of rotatable bonds is 6. The van der Waals surface area contributed by atoms with Crippen molar-refractivity contribution < 1.29 is 58.2 Å². The predicted octanol–water partition coefficient (Wildman–Crippen LogP) is -1.06. The largest absolute Gasteiger partial charge is 1.00 e. The summed E-state index contributed by atoms with van der Waals surface area (Å²) in [6.45, 7) is 2.89. The smallest absolute Gasteiger partial charge is 0.776 e. The molecule has 1 rings (SSSR count). The summed E-state index contributed by atoms with van der Waals surface area (Å²) < 4.78 is 21.0. The van der Waals surface area contributed by atoms with Gasteiger partial charge in [0.15, 0.2) is 19.5 Å². The Morgan fingerprint density at radius 3 is 2.38 bits per heavy atom.